The Morgan fingerprint density at radius 2 is 1.71 bits per heavy atom. The van der Waals surface area contributed by atoms with Gasteiger partial charge in [-0.2, -0.15) is 13.2 Å². The van der Waals surface area contributed by atoms with Crippen molar-refractivity contribution in [3.05, 3.63) is 78.1 Å². The summed E-state index contributed by atoms with van der Waals surface area (Å²) in [6.07, 6.45) is 2.76. The second kappa shape index (κ2) is 13.3. The van der Waals surface area contributed by atoms with Crippen LogP contribution in [0.2, 0.25) is 0 Å². The lowest BCUT2D eigenvalue weighted by molar-refractivity contribution is -0.192. The maximum absolute atomic E-state index is 13.9. The van der Waals surface area contributed by atoms with Crippen LogP contribution in [0.25, 0.3) is 0 Å². The van der Waals surface area contributed by atoms with Gasteiger partial charge < -0.3 is 24.4 Å². The van der Waals surface area contributed by atoms with E-state index in [2.05, 4.69) is 64.5 Å². The minimum absolute atomic E-state index is 0.00208. The Hall–Kier alpha value is -4.42. The molecular formula is C32H39F3N6O4. The van der Waals surface area contributed by atoms with Crippen LogP contribution in [0, 0.1) is 5.92 Å². The molecule has 1 N–H and O–H groups in total. The molecule has 1 saturated heterocycles. The fourth-order valence-electron chi connectivity index (χ4n) is 5.64. The van der Waals surface area contributed by atoms with E-state index in [9.17, 15) is 22.8 Å². The van der Waals surface area contributed by atoms with Crippen molar-refractivity contribution in [1.29, 1.82) is 0 Å². The lowest BCUT2D eigenvalue weighted by Gasteiger charge is -2.54. The predicted molar refractivity (Wildman–Crippen MR) is 161 cm³/mol. The number of aliphatic carboxylic acids is 1. The number of carboxylic acid groups (broad SMARTS) is 1. The van der Waals surface area contributed by atoms with Gasteiger partial charge >= 0.3 is 12.1 Å². The van der Waals surface area contributed by atoms with E-state index in [-0.39, 0.29) is 29.3 Å². The molecule has 2 aromatic heterocycles. The fourth-order valence-corrected chi connectivity index (χ4v) is 5.64. The highest BCUT2D eigenvalue weighted by molar-refractivity contribution is 6.03. The van der Waals surface area contributed by atoms with E-state index in [4.69, 9.17) is 9.90 Å². The van der Waals surface area contributed by atoms with E-state index in [1.165, 1.54) is 5.56 Å². The lowest BCUT2D eigenvalue weighted by Crippen LogP contribution is -2.71. The second-order valence-corrected chi connectivity index (χ2v) is 12.6. The lowest BCUT2D eigenvalue weighted by atomic mass is 9.86. The molecule has 10 nitrogen and oxygen atoms in total. The Balaban J connectivity index is 0.000000591. The summed E-state index contributed by atoms with van der Waals surface area (Å²) in [4.78, 5) is 51.2. The summed E-state index contributed by atoms with van der Waals surface area (Å²) in [6.45, 7) is 13.2. The molecule has 0 radical (unpaired) electrons. The molecule has 1 aromatic carbocycles. The first-order chi connectivity index (χ1) is 21.1. The Kier molecular flexibility index (Phi) is 9.89. The Morgan fingerprint density at radius 1 is 1.04 bits per heavy atom. The normalized spacial score (nSPS) is 18.4. The molecule has 0 spiro atoms. The van der Waals surface area contributed by atoms with E-state index in [1.54, 1.807) is 17.3 Å². The number of halogens is 3. The van der Waals surface area contributed by atoms with Crippen LogP contribution < -0.4 is 4.90 Å². The summed E-state index contributed by atoms with van der Waals surface area (Å²) < 4.78 is 33.8. The molecule has 2 aliphatic heterocycles. The number of anilines is 1. The molecule has 2 amide bonds. The first kappa shape index (κ1) is 33.5. The molecule has 13 heteroatoms. The summed E-state index contributed by atoms with van der Waals surface area (Å²) in [5.41, 5.74) is 3.71. The SMILES string of the molecule is CC(C)C1C(=O)N(Cc2ccc(C(C)(C)C)cc2)CC2N(CCCn3ccnc3)c3cccnc3C(=O)N12.O=C(O)C(F)(F)F. The van der Waals surface area contributed by atoms with Crippen molar-refractivity contribution >= 4 is 23.5 Å². The van der Waals surface area contributed by atoms with E-state index in [0.29, 0.717) is 18.8 Å². The zero-order chi connectivity index (χ0) is 33.1. The number of rotatable bonds is 7. The third-order valence-electron chi connectivity index (χ3n) is 7.90. The molecule has 2 unspecified atom stereocenters. The van der Waals surface area contributed by atoms with E-state index in [1.807, 2.05) is 43.4 Å². The van der Waals surface area contributed by atoms with Gasteiger partial charge in [-0.25, -0.2) is 14.8 Å². The largest absolute Gasteiger partial charge is 0.490 e. The van der Waals surface area contributed by atoms with Crippen molar-refractivity contribution in [3.63, 3.8) is 0 Å². The van der Waals surface area contributed by atoms with E-state index in [0.717, 1.165) is 30.8 Å². The van der Waals surface area contributed by atoms with Crippen LogP contribution in [-0.4, -0.2) is 78.7 Å². The minimum atomic E-state index is -5.08. The van der Waals surface area contributed by atoms with Crippen LogP contribution in [0.15, 0.2) is 61.3 Å². The zero-order valence-corrected chi connectivity index (χ0v) is 26.0. The maximum atomic E-state index is 13.9. The first-order valence-corrected chi connectivity index (χ1v) is 14.8. The number of piperazine rings is 1. The number of alkyl halides is 3. The van der Waals surface area contributed by atoms with E-state index < -0.39 is 18.2 Å². The molecule has 0 bridgehead atoms. The summed E-state index contributed by atoms with van der Waals surface area (Å²) in [5.74, 6) is -2.94. The van der Waals surface area contributed by atoms with Crippen molar-refractivity contribution in [2.24, 2.45) is 5.92 Å². The monoisotopic (exact) mass is 628 g/mol. The Bertz CT molecular complexity index is 1490. The maximum Gasteiger partial charge on any atom is 0.490 e. The molecule has 45 heavy (non-hydrogen) atoms. The highest BCUT2D eigenvalue weighted by atomic mass is 19.4. The standard InChI is InChI=1S/C30H38N6O2.C2HF3O2/c1-21(2)27-29(38)34(18-22-9-11-23(12-10-22)30(3,4)5)19-25-35(16-7-15-33-17-14-31-20-33)24-8-6-13-32-26(24)28(37)36(25)27;3-2(4,5)1(6)7/h6,8-14,17,20-21,25,27H,7,15-16,18-19H2,1-5H3;(H,6,7). The minimum Gasteiger partial charge on any atom is -0.475 e. The number of carbonyl (C=O) groups excluding carboxylic acids is 2. The number of carboxylic acids is 1. The first-order valence-electron chi connectivity index (χ1n) is 14.8. The number of fused-ring (bicyclic) bond motifs is 2. The molecule has 3 aromatic rings. The van der Waals surface area contributed by atoms with Gasteiger partial charge in [0.05, 0.1) is 18.6 Å². The number of pyridine rings is 1. The molecule has 5 rings (SSSR count). The van der Waals surface area contributed by atoms with Crippen LogP contribution in [-0.2, 0) is 28.1 Å². The number of nitrogens with zero attached hydrogens (tertiary/aromatic N) is 6. The molecular weight excluding hydrogens is 589 g/mol. The second-order valence-electron chi connectivity index (χ2n) is 12.6. The number of aromatic nitrogens is 3. The smallest absolute Gasteiger partial charge is 0.475 e. The van der Waals surface area contributed by atoms with Gasteiger partial charge in [-0.05, 0) is 41.0 Å². The van der Waals surface area contributed by atoms with Gasteiger partial charge in [0.25, 0.3) is 5.91 Å². The van der Waals surface area contributed by atoms with Gasteiger partial charge in [-0.15, -0.1) is 0 Å². The number of carbonyl (C=O) groups is 3. The average Bonchev–Trinajstić information content (AvgIpc) is 3.49. The van der Waals surface area contributed by atoms with Crippen molar-refractivity contribution in [1.82, 2.24) is 24.3 Å². The highest BCUT2D eigenvalue weighted by Gasteiger charge is 2.50. The van der Waals surface area contributed by atoms with Gasteiger partial charge in [0.15, 0.2) is 5.69 Å². The van der Waals surface area contributed by atoms with E-state index >= 15 is 0 Å². The van der Waals surface area contributed by atoms with Crippen molar-refractivity contribution in [3.8, 4) is 0 Å². The zero-order valence-electron chi connectivity index (χ0n) is 26.0. The Morgan fingerprint density at radius 3 is 2.27 bits per heavy atom. The van der Waals surface area contributed by atoms with Crippen LogP contribution in [0.4, 0.5) is 18.9 Å². The van der Waals surface area contributed by atoms with Gasteiger partial charge in [0.1, 0.15) is 12.2 Å². The molecule has 2 aliphatic rings. The predicted octanol–water partition coefficient (Wildman–Crippen LogP) is 4.95. The van der Waals surface area contributed by atoms with Crippen molar-refractivity contribution in [2.75, 3.05) is 18.0 Å². The summed E-state index contributed by atoms with van der Waals surface area (Å²) in [7, 11) is 0. The van der Waals surface area contributed by atoms with Crippen LogP contribution >= 0.6 is 0 Å². The molecule has 2 atom stereocenters. The van der Waals surface area contributed by atoms with Gasteiger partial charge in [0, 0.05) is 38.2 Å². The highest BCUT2D eigenvalue weighted by Crippen LogP contribution is 2.36. The third-order valence-corrected chi connectivity index (χ3v) is 7.90. The quantitative estimate of drug-likeness (QED) is 0.394. The van der Waals surface area contributed by atoms with Gasteiger partial charge in [0.2, 0.25) is 5.91 Å². The van der Waals surface area contributed by atoms with Crippen molar-refractivity contribution in [2.45, 2.75) is 77.9 Å². The molecule has 0 saturated carbocycles. The molecule has 242 valence electrons. The average molecular weight is 629 g/mol. The fraction of sp³-hybridized carbons (Fsp3) is 0.469. The van der Waals surface area contributed by atoms with Crippen molar-refractivity contribution < 1.29 is 32.7 Å². The summed E-state index contributed by atoms with van der Waals surface area (Å²) in [5, 5.41) is 7.12. The third kappa shape index (κ3) is 7.63. The number of imidazole rings is 1. The van der Waals surface area contributed by atoms with Crippen LogP contribution in [0.5, 0.6) is 0 Å². The van der Waals surface area contributed by atoms with Gasteiger partial charge in [-0.1, -0.05) is 58.9 Å². The Labute approximate surface area is 260 Å². The summed E-state index contributed by atoms with van der Waals surface area (Å²) >= 11 is 0. The molecule has 1 fully saturated rings. The number of benzene rings is 1. The summed E-state index contributed by atoms with van der Waals surface area (Å²) in [6, 6.07) is 11.9. The van der Waals surface area contributed by atoms with Gasteiger partial charge in [-0.3, -0.25) is 9.59 Å². The topological polar surface area (TPSA) is 112 Å². The molecule has 4 heterocycles. The number of hydrogen-bond acceptors (Lipinski definition) is 6. The number of hydrogen-bond donors (Lipinski definition) is 1. The number of amides is 2. The van der Waals surface area contributed by atoms with Crippen LogP contribution in [0.1, 0.15) is 62.7 Å². The number of aryl methyl sites for hydroxylation is 1. The van der Waals surface area contributed by atoms with Crippen LogP contribution in [0.3, 0.4) is 0 Å². The molecule has 0 aliphatic carbocycles.